The topological polar surface area (TPSA) is 114 Å². The molecule has 2 rings (SSSR count). The van der Waals surface area contributed by atoms with Gasteiger partial charge in [-0.25, -0.2) is 9.59 Å². The first kappa shape index (κ1) is 31.7. The molecule has 0 aliphatic rings. The molecule has 2 aromatic rings. The molecular formula is C31H43NO7. The van der Waals surface area contributed by atoms with Gasteiger partial charge in [-0.2, -0.15) is 0 Å². The van der Waals surface area contributed by atoms with Crippen molar-refractivity contribution >= 4 is 12.1 Å². The number of carbonyl (C=O) groups is 2. The zero-order valence-electron chi connectivity index (χ0n) is 23.9. The number of aliphatic hydroxyl groups excluding tert-OH is 1. The second-order valence-corrected chi connectivity index (χ2v) is 11.1. The third kappa shape index (κ3) is 11.0. The number of rotatable bonds is 14. The summed E-state index contributed by atoms with van der Waals surface area (Å²) in [6, 6.07) is 14.9. The molecule has 0 spiro atoms. The van der Waals surface area contributed by atoms with Crippen LogP contribution in [0, 0.1) is 11.8 Å². The van der Waals surface area contributed by atoms with Crippen molar-refractivity contribution in [2.45, 2.75) is 78.2 Å². The summed E-state index contributed by atoms with van der Waals surface area (Å²) >= 11 is 0. The highest BCUT2D eigenvalue weighted by molar-refractivity contribution is 5.85. The SMILES string of the molecule is C=C(C[C@H](O)[C@H](C[C@H](Cc1ccc(OC)c(OCc2ccccc2)c1)C(C)C)NC(=O)OC(C)(C)C)C(=O)O. The van der Waals surface area contributed by atoms with Gasteiger partial charge < -0.3 is 29.7 Å². The number of carboxylic acids is 1. The van der Waals surface area contributed by atoms with Crippen LogP contribution in [0.1, 0.15) is 58.6 Å². The summed E-state index contributed by atoms with van der Waals surface area (Å²) in [7, 11) is 1.60. The highest BCUT2D eigenvalue weighted by Crippen LogP contribution is 2.32. The Labute approximate surface area is 232 Å². The predicted octanol–water partition coefficient (Wildman–Crippen LogP) is 5.76. The monoisotopic (exact) mass is 541 g/mol. The highest BCUT2D eigenvalue weighted by atomic mass is 16.6. The first-order chi connectivity index (χ1) is 18.3. The van der Waals surface area contributed by atoms with E-state index in [0.29, 0.717) is 30.9 Å². The van der Waals surface area contributed by atoms with Gasteiger partial charge in [0.2, 0.25) is 0 Å². The largest absolute Gasteiger partial charge is 0.493 e. The molecule has 0 unspecified atom stereocenters. The van der Waals surface area contributed by atoms with Crippen LogP contribution in [0.25, 0.3) is 0 Å². The van der Waals surface area contributed by atoms with Crippen molar-refractivity contribution in [1.29, 1.82) is 0 Å². The van der Waals surface area contributed by atoms with E-state index >= 15 is 0 Å². The fourth-order valence-electron chi connectivity index (χ4n) is 4.17. The number of alkyl carbamates (subject to hydrolysis) is 1. The number of nitrogens with one attached hydrogen (secondary N) is 1. The van der Waals surface area contributed by atoms with E-state index in [1.54, 1.807) is 27.9 Å². The van der Waals surface area contributed by atoms with Crippen molar-refractivity contribution in [3.8, 4) is 11.5 Å². The molecule has 3 N–H and O–H groups in total. The molecule has 8 heteroatoms. The summed E-state index contributed by atoms with van der Waals surface area (Å²) in [4.78, 5) is 23.9. The minimum Gasteiger partial charge on any atom is -0.493 e. The lowest BCUT2D eigenvalue weighted by Crippen LogP contribution is -2.47. The van der Waals surface area contributed by atoms with E-state index in [1.807, 2.05) is 48.5 Å². The number of carboxylic acid groups (broad SMARTS) is 1. The number of ether oxygens (including phenoxy) is 3. The third-order valence-corrected chi connectivity index (χ3v) is 6.39. The molecular weight excluding hydrogens is 498 g/mol. The summed E-state index contributed by atoms with van der Waals surface area (Å²) in [5.41, 5.74) is 1.20. The van der Waals surface area contributed by atoms with Crippen molar-refractivity contribution in [2.24, 2.45) is 11.8 Å². The Kier molecular flexibility index (Phi) is 11.9. The van der Waals surface area contributed by atoms with Gasteiger partial charge in [0.05, 0.1) is 19.3 Å². The van der Waals surface area contributed by atoms with Crippen LogP contribution < -0.4 is 14.8 Å². The number of carbonyl (C=O) groups excluding carboxylic acids is 1. The maximum atomic E-state index is 12.6. The maximum Gasteiger partial charge on any atom is 0.407 e. The van der Waals surface area contributed by atoms with E-state index < -0.39 is 29.8 Å². The lowest BCUT2D eigenvalue weighted by Gasteiger charge is -2.31. The van der Waals surface area contributed by atoms with Crippen LogP contribution in [0.4, 0.5) is 4.79 Å². The molecule has 0 saturated heterocycles. The smallest absolute Gasteiger partial charge is 0.407 e. The third-order valence-electron chi connectivity index (χ3n) is 6.39. The molecule has 0 aromatic heterocycles. The quantitative estimate of drug-likeness (QED) is 0.260. The van der Waals surface area contributed by atoms with Crippen LogP contribution >= 0.6 is 0 Å². The molecule has 0 aliphatic carbocycles. The van der Waals surface area contributed by atoms with Gasteiger partial charge in [0.1, 0.15) is 12.2 Å². The van der Waals surface area contributed by atoms with E-state index in [0.717, 1.165) is 11.1 Å². The van der Waals surface area contributed by atoms with E-state index in [4.69, 9.17) is 14.2 Å². The van der Waals surface area contributed by atoms with Crippen LogP contribution in [0.3, 0.4) is 0 Å². The lowest BCUT2D eigenvalue weighted by molar-refractivity contribution is -0.133. The first-order valence-corrected chi connectivity index (χ1v) is 13.2. The van der Waals surface area contributed by atoms with Gasteiger partial charge in [-0.15, -0.1) is 0 Å². The van der Waals surface area contributed by atoms with Crippen LogP contribution in [0.2, 0.25) is 0 Å². The number of hydrogen-bond acceptors (Lipinski definition) is 6. The van der Waals surface area contributed by atoms with E-state index in [-0.39, 0.29) is 23.8 Å². The summed E-state index contributed by atoms with van der Waals surface area (Å²) in [6.07, 6.45) is -0.959. The number of hydrogen-bond donors (Lipinski definition) is 3. The number of methoxy groups -OCH3 is 1. The van der Waals surface area contributed by atoms with Crippen molar-refractivity contribution in [2.75, 3.05) is 7.11 Å². The highest BCUT2D eigenvalue weighted by Gasteiger charge is 2.30. The van der Waals surface area contributed by atoms with Crippen molar-refractivity contribution < 1.29 is 34.0 Å². The van der Waals surface area contributed by atoms with Crippen molar-refractivity contribution in [1.82, 2.24) is 5.32 Å². The van der Waals surface area contributed by atoms with Gasteiger partial charge in [0, 0.05) is 12.0 Å². The fourth-order valence-corrected chi connectivity index (χ4v) is 4.17. The Hall–Kier alpha value is -3.52. The number of aliphatic hydroxyl groups is 1. The van der Waals surface area contributed by atoms with E-state index in [1.165, 1.54) is 0 Å². The molecule has 0 heterocycles. The summed E-state index contributed by atoms with van der Waals surface area (Å²) < 4.78 is 17.0. The molecule has 0 fully saturated rings. The van der Waals surface area contributed by atoms with Crippen molar-refractivity contribution in [3.63, 3.8) is 0 Å². The molecule has 0 aliphatic heterocycles. The molecule has 39 heavy (non-hydrogen) atoms. The van der Waals surface area contributed by atoms with Gasteiger partial charge >= 0.3 is 12.1 Å². The van der Waals surface area contributed by atoms with E-state index in [2.05, 4.69) is 25.7 Å². The van der Waals surface area contributed by atoms with Crippen LogP contribution in [-0.4, -0.2) is 47.1 Å². The van der Waals surface area contributed by atoms with Crippen molar-refractivity contribution in [3.05, 3.63) is 71.8 Å². The number of amides is 1. The Balaban J connectivity index is 2.24. The Morgan fingerprint density at radius 2 is 1.69 bits per heavy atom. The second kappa shape index (κ2) is 14.6. The standard InChI is InChI=1S/C31H43NO7/c1-20(2)24(18-25(26(33)15-21(3)29(34)35)32-30(36)39-31(4,5)6)16-23-13-14-27(37-7)28(17-23)38-19-22-11-9-8-10-12-22/h8-14,17,20,24-26,33H,3,15-16,18-19H2,1-2,4-7H3,(H,32,36)(H,34,35)/t24-,25-,26-/m0/s1. The number of aliphatic carboxylic acids is 1. The molecule has 214 valence electrons. The van der Waals surface area contributed by atoms with Gasteiger partial charge in [0.15, 0.2) is 11.5 Å². The second-order valence-electron chi connectivity index (χ2n) is 11.1. The molecule has 0 bridgehead atoms. The Morgan fingerprint density at radius 3 is 2.26 bits per heavy atom. The first-order valence-electron chi connectivity index (χ1n) is 13.2. The predicted molar refractivity (Wildman–Crippen MR) is 151 cm³/mol. The minimum atomic E-state index is -1.19. The van der Waals surface area contributed by atoms with Gasteiger partial charge in [0.25, 0.3) is 0 Å². The average molecular weight is 542 g/mol. The zero-order chi connectivity index (χ0) is 29.2. The normalized spacial score (nSPS) is 13.7. The average Bonchev–Trinajstić information content (AvgIpc) is 2.85. The summed E-state index contributed by atoms with van der Waals surface area (Å²) in [6.45, 7) is 13.3. The zero-order valence-corrected chi connectivity index (χ0v) is 23.9. The molecule has 1 amide bonds. The minimum absolute atomic E-state index is 0.0352. The molecule has 0 radical (unpaired) electrons. The van der Waals surface area contributed by atoms with E-state index in [9.17, 15) is 19.8 Å². The summed E-state index contributed by atoms with van der Waals surface area (Å²) in [5, 5.41) is 23.0. The summed E-state index contributed by atoms with van der Waals surface area (Å²) in [5.74, 6) is 0.295. The van der Waals surface area contributed by atoms with Crippen LogP contribution in [0.5, 0.6) is 11.5 Å². The van der Waals surface area contributed by atoms with Gasteiger partial charge in [-0.1, -0.05) is 56.8 Å². The molecule has 8 nitrogen and oxygen atoms in total. The number of benzene rings is 2. The Morgan fingerprint density at radius 1 is 1.03 bits per heavy atom. The molecule has 3 atom stereocenters. The van der Waals surface area contributed by atoms with Gasteiger partial charge in [-0.05, 0) is 68.7 Å². The molecule has 2 aromatic carbocycles. The lowest BCUT2D eigenvalue weighted by atomic mass is 9.82. The van der Waals surface area contributed by atoms with Crippen LogP contribution in [0.15, 0.2) is 60.7 Å². The van der Waals surface area contributed by atoms with Crippen LogP contribution in [-0.2, 0) is 22.6 Å². The van der Waals surface area contributed by atoms with Gasteiger partial charge in [-0.3, -0.25) is 0 Å². The Bertz CT molecular complexity index is 1090. The fraction of sp³-hybridized carbons (Fsp3) is 0.484. The molecule has 0 saturated carbocycles. The maximum absolute atomic E-state index is 12.6.